The molecule has 0 N–H and O–H groups in total. The average Bonchev–Trinajstić information content (AvgIpc) is 3.24. The molecule has 5 aromatic rings. The Balaban J connectivity index is 1.47. The monoisotopic (exact) mass is 470 g/mol. The Morgan fingerprint density at radius 3 is 1.81 bits per heavy atom. The number of fused-ring (bicyclic) bond motifs is 10. The standard InChI is InChI=1S/C37H26/c1-37(2)35-19-20-36(37)32-8-4-6-26(22-32)10-12-28-14-16-30-18-17-29-15-13-27(23-33(29)34(30)24-28)11-9-25-5-3-7-31(35)21-25/h3-8,13-18,21-24H,19-20H2,1-2H3. The molecule has 2 aliphatic rings. The third-order valence-corrected chi connectivity index (χ3v) is 8.10. The highest BCUT2D eigenvalue weighted by Gasteiger charge is 2.44. The van der Waals surface area contributed by atoms with Gasteiger partial charge < -0.3 is 0 Å². The average molecular weight is 471 g/mol. The molecule has 0 radical (unpaired) electrons. The molecule has 5 aromatic carbocycles. The van der Waals surface area contributed by atoms with Gasteiger partial charge in [0.2, 0.25) is 0 Å². The lowest BCUT2D eigenvalue weighted by Crippen LogP contribution is -2.24. The Labute approximate surface area is 219 Å². The lowest BCUT2D eigenvalue weighted by atomic mass is 9.70. The molecule has 0 aliphatic heterocycles. The van der Waals surface area contributed by atoms with Gasteiger partial charge in [-0.3, -0.25) is 0 Å². The van der Waals surface area contributed by atoms with Crippen molar-refractivity contribution in [1.29, 1.82) is 0 Å². The summed E-state index contributed by atoms with van der Waals surface area (Å²) in [6.07, 6.45) is 2.14. The largest absolute Gasteiger partial charge is 0.186 e. The molecule has 1 saturated carbocycles. The van der Waals surface area contributed by atoms with Crippen molar-refractivity contribution in [1.82, 2.24) is 0 Å². The Hall–Kier alpha value is -4.52. The molecule has 0 amide bonds. The second-order valence-corrected chi connectivity index (χ2v) is 10.7. The topological polar surface area (TPSA) is 0 Å². The molecule has 2 aliphatic carbocycles. The summed E-state index contributed by atoms with van der Waals surface area (Å²) < 4.78 is 0. The quantitative estimate of drug-likeness (QED) is 0.121. The molecule has 0 saturated heterocycles. The fourth-order valence-corrected chi connectivity index (χ4v) is 6.13. The van der Waals surface area contributed by atoms with Crippen LogP contribution >= 0.6 is 0 Å². The van der Waals surface area contributed by atoms with Crippen molar-refractivity contribution in [2.24, 2.45) is 5.41 Å². The van der Waals surface area contributed by atoms with Crippen LogP contribution < -0.4 is 0 Å². The molecule has 0 heterocycles. The molecule has 0 nitrogen and oxygen atoms in total. The molecule has 7 rings (SSSR count). The zero-order valence-corrected chi connectivity index (χ0v) is 21.2. The van der Waals surface area contributed by atoms with Gasteiger partial charge in [0.15, 0.2) is 0 Å². The van der Waals surface area contributed by atoms with Crippen LogP contribution in [0.2, 0.25) is 0 Å². The van der Waals surface area contributed by atoms with Crippen molar-refractivity contribution >= 4 is 21.5 Å². The van der Waals surface area contributed by atoms with E-state index >= 15 is 0 Å². The van der Waals surface area contributed by atoms with Gasteiger partial charge >= 0.3 is 0 Å². The molecule has 0 atom stereocenters. The van der Waals surface area contributed by atoms with E-state index in [4.69, 9.17) is 0 Å². The lowest BCUT2D eigenvalue weighted by molar-refractivity contribution is 0.472. The SMILES string of the molecule is CC1(C)[C+]2CC[C-]1c1cccc(c1)C#Cc1ccc3ccc4ccc(cc4c3c1)C#Cc1cccc2c1. The van der Waals surface area contributed by atoms with Gasteiger partial charge in [-0.05, 0) is 69.4 Å². The van der Waals surface area contributed by atoms with Gasteiger partial charge in [0, 0.05) is 34.9 Å². The van der Waals surface area contributed by atoms with Crippen LogP contribution in [0.4, 0.5) is 0 Å². The van der Waals surface area contributed by atoms with E-state index in [1.807, 2.05) is 0 Å². The Morgan fingerprint density at radius 2 is 1.16 bits per heavy atom. The lowest BCUT2D eigenvalue weighted by Gasteiger charge is -2.36. The van der Waals surface area contributed by atoms with Crippen molar-refractivity contribution in [3.05, 3.63) is 142 Å². The third kappa shape index (κ3) is 3.74. The van der Waals surface area contributed by atoms with Crippen molar-refractivity contribution in [3.63, 3.8) is 0 Å². The van der Waals surface area contributed by atoms with Crippen LogP contribution in [0.1, 0.15) is 60.1 Å². The molecule has 174 valence electrons. The van der Waals surface area contributed by atoms with Crippen molar-refractivity contribution in [2.75, 3.05) is 0 Å². The van der Waals surface area contributed by atoms with E-state index in [-0.39, 0.29) is 5.41 Å². The fourth-order valence-electron chi connectivity index (χ4n) is 6.13. The summed E-state index contributed by atoms with van der Waals surface area (Å²) in [5.41, 5.74) is 6.76. The summed E-state index contributed by atoms with van der Waals surface area (Å²) in [6, 6.07) is 35.0. The normalized spacial score (nSPS) is 15.2. The van der Waals surface area contributed by atoms with E-state index in [2.05, 4.69) is 135 Å². The molecule has 0 aromatic heterocycles. The summed E-state index contributed by atoms with van der Waals surface area (Å²) in [5, 5.41) is 4.87. The summed E-state index contributed by atoms with van der Waals surface area (Å²) >= 11 is 0. The molecule has 1 fully saturated rings. The van der Waals surface area contributed by atoms with Crippen molar-refractivity contribution < 1.29 is 0 Å². The Bertz CT molecular complexity index is 1690. The van der Waals surface area contributed by atoms with E-state index in [1.54, 1.807) is 0 Å². The predicted molar refractivity (Wildman–Crippen MR) is 154 cm³/mol. The molecule has 0 heteroatoms. The van der Waals surface area contributed by atoms with Gasteiger partial charge in [0.05, 0.1) is 11.6 Å². The first-order valence-electron chi connectivity index (χ1n) is 13.0. The van der Waals surface area contributed by atoms with Gasteiger partial charge in [-0.2, -0.15) is 11.6 Å². The van der Waals surface area contributed by atoms with Crippen LogP contribution in [-0.4, -0.2) is 0 Å². The highest BCUT2D eigenvalue weighted by molar-refractivity contribution is 6.08. The second kappa shape index (κ2) is 8.27. The number of hydrogen-bond donors (Lipinski definition) is 0. The maximum absolute atomic E-state index is 3.45. The molecule has 10 bridgehead atoms. The highest BCUT2D eigenvalue weighted by atomic mass is 14.5. The smallest absolute Gasteiger partial charge is 0.133 e. The fraction of sp³-hybridized carbons (Fsp3) is 0.135. The van der Waals surface area contributed by atoms with Crippen LogP contribution in [0, 0.1) is 40.9 Å². The maximum Gasteiger partial charge on any atom is 0.133 e. The van der Waals surface area contributed by atoms with Gasteiger partial charge in [-0.1, -0.05) is 68.4 Å². The number of benzene rings is 5. The van der Waals surface area contributed by atoms with E-state index in [0.717, 1.165) is 35.1 Å². The Morgan fingerprint density at radius 1 is 0.622 bits per heavy atom. The summed E-state index contributed by atoms with van der Waals surface area (Å²) in [6.45, 7) is 4.73. The van der Waals surface area contributed by atoms with Crippen molar-refractivity contribution in [2.45, 2.75) is 26.7 Å². The maximum atomic E-state index is 3.45. The molecule has 37 heavy (non-hydrogen) atoms. The minimum absolute atomic E-state index is 0.0151. The molecule has 0 unspecified atom stereocenters. The van der Waals surface area contributed by atoms with Crippen molar-refractivity contribution in [3.8, 4) is 23.7 Å². The highest BCUT2D eigenvalue weighted by Crippen LogP contribution is 2.55. The van der Waals surface area contributed by atoms with Gasteiger partial charge in [-0.15, -0.1) is 18.1 Å². The number of hydrogen-bond acceptors (Lipinski definition) is 0. The van der Waals surface area contributed by atoms with Gasteiger partial charge in [-0.25, -0.2) is 0 Å². The molecule has 0 spiro atoms. The Kier molecular flexibility index (Phi) is 4.86. The minimum atomic E-state index is -0.0151. The van der Waals surface area contributed by atoms with Crippen LogP contribution in [0.3, 0.4) is 0 Å². The van der Waals surface area contributed by atoms with E-state index in [0.29, 0.717) is 0 Å². The summed E-state index contributed by atoms with van der Waals surface area (Å²) in [5.74, 6) is 16.7. The molecular formula is C37H26. The van der Waals surface area contributed by atoms with E-state index < -0.39 is 0 Å². The van der Waals surface area contributed by atoms with Crippen LogP contribution in [0.15, 0.2) is 97.1 Å². The van der Waals surface area contributed by atoms with E-state index in [9.17, 15) is 0 Å². The van der Waals surface area contributed by atoms with Gasteiger partial charge in [0.1, 0.15) is 5.56 Å². The van der Waals surface area contributed by atoms with Crippen LogP contribution in [-0.2, 0) is 0 Å². The van der Waals surface area contributed by atoms with Crippen LogP contribution in [0.25, 0.3) is 21.5 Å². The van der Waals surface area contributed by atoms with E-state index in [1.165, 1.54) is 44.5 Å². The number of rotatable bonds is 0. The zero-order valence-electron chi connectivity index (χ0n) is 21.2. The summed E-state index contributed by atoms with van der Waals surface area (Å²) in [7, 11) is 0. The third-order valence-electron chi connectivity index (χ3n) is 8.10. The first kappa shape index (κ1) is 21.7. The predicted octanol–water partition coefficient (Wildman–Crippen LogP) is 8.47. The second-order valence-electron chi connectivity index (χ2n) is 10.7. The van der Waals surface area contributed by atoms with Gasteiger partial charge in [0.25, 0.3) is 0 Å². The molecular weight excluding hydrogens is 444 g/mol. The minimum Gasteiger partial charge on any atom is -0.186 e. The first-order chi connectivity index (χ1) is 18.0. The zero-order chi connectivity index (χ0) is 25.0. The van der Waals surface area contributed by atoms with Crippen LogP contribution in [0.5, 0.6) is 0 Å². The first-order valence-corrected chi connectivity index (χ1v) is 13.0. The summed E-state index contributed by atoms with van der Waals surface area (Å²) in [4.78, 5) is 0.